The molecule has 1 amide bonds. The van der Waals surface area contributed by atoms with Crippen LogP contribution in [0.2, 0.25) is 0 Å². The predicted octanol–water partition coefficient (Wildman–Crippen LogP) is 4.04. The minimum absolute atomic E-state index is 0.0667. The highest BCUT2D eigenvalue weighted by molar-refractivity contribution is 5.79. The van der Waals surface area contributed by atoms with Gasteiger partial charge in [-0.2, -0.15) is 0 Å². The van der Waals surface area contributed by atoms with Gasteiger partial charge >= 0.3 is 6.09 Å². The lowest BCUT2D eigenvalue weighted by Gasteiger charge is -2.31. The van der Waals surface area contributed by atoms with Crippen LogP contribution in [0.1, 0.15) is 40.2 Å². The topological polar surface area (TPSA) is 84.4 Å². The van der Waals surface area contributed by atoms with E-state index in [4.69, 9.17) is 4.74 Å². The normalized spacial score (nSPS) is 15.6. The number of hydrogen-bond donors (Lipinski definition) is 1. The Bertz CT molecular complexity index is 1090. The second-order valence-corrected chi connectivity index (χ2v) is 8.57. The second-order valence-electron chi connectivity index (χ2n) is 8.57. The summed E-state index contributed by atoms with van der Waals surface area (Å²) in [7, 11) is 0. The third-order valence-electron chi connectivity index (χ3n) is 6.57. The molecule has 2 aliphatic rings. The Morgan fingerprint density at radius 3 is 2.21 bits per heavy atom. The summed E-state index contributed by atoms with van der Waals surface area (Å²) in [5.74, 6) is 1.09. The lowest BCUT2D eigenvalue weighted by Crippen LogP contribution is -2.39. The van der Waals surface area contributed by atoms with Gasteiger partial charge < -0.3 is 15.0 Å². The van der Waals surface area contributed by atoms with Gasteiger partial charge in [-0.3, -0.25) is 4.79 Å². The van der Waals surface area contributed by atoms with Crippen LogP contribution in [0.5, 0.6) is 0 Å². The summed E-state index contributed by atoms with van der Waals surface area (Å²) in [4.78, 5) is 33.8. The van der Waals surface area contributed by atoms with E-state index in [1.54, 1.807) is 12.4 Å². The van der Waals surface area contributed by atoms with Gasteiger partial charge in [0, 0.05) is 37.9 Å². The summed E-state index contributed by atoms with van der Waals surface area (Å²) in [5.41, 5.74) is 5.34. The van der Waals surface area contributed by atoms with Crippen molar-refractivity contribution in [1.82, 2.24) is 15.3 Å². The lowest BCUT2D eigenvalue weighted by molar-refractivity contribution is 0.112. The van der Waals surface area contributed by atoms with E-state index < -0.39 is 0 Å². The summed E-state index contributed by atoms with van der Waals surface area (Å²) >= 11 is 0. The van der Waals surface area contributed by atoms with Crippen molar-refractivity contribution in [2.75, 3.05) is 31.1 Å². The molecular weight excluding hydrogens is 416 g/mol. The van der Waals surface area contributed by atoms with E-state index in [9.17, 15) is 9.59 Å². The number of amides is 1. The van der Waals surface area contributed by atoms with E-state index in [-0.39, 0.29) is 12.0 Å². The molecule has 0 bridgehead atoms. The van der Waals surface area contributed by atoms with Gasteiger partial charge in [0.25, 0.3) is 0 Å². The second kappa shape index (κ2) is 9.40. The fourth-order valence-corrected chi connectivity index (χ4v) is 4.77. The molecule has 0 radical (unpaired) electrons. The number of aldehydes is 1. The fraction of sp³-hybridized carbons (Fsp3) is 0.308. The Kier molecular flexibility index (Phi) is 6.02. The molecule has 1 saturated heterocycles. The zero-order chi connectivity index (χ0) is 22.6. The van der Waals surface area contributed by atoms with Crippen LogP contribution in [-0.4, -0.2) is 48.6 Å². The maximum Gasteiger partial charge on any atom is 0.407 e. The van der Waals surface area contributed by atoms with Gasteiger partial charge in [-0.1, -0.05) is 48.5 Å². The molecule has 168 valence electrons. The molecule has 1 aliphatic heterocycles. The number of benzene rings is 2. The number of anilines is 1. The van der Waals surface area contributed by atoms with Crippen LogP contribution in [0.4, 0.5) is 10.7 Å². The van der Waals surface area contributed by atoms with E-state index in [2.05, 4.69) is 44.5 Å². The number of fused-ring (bicyclic) bond motifs is 3. The number of piperidine rings is 1. The molecule has 0 spiro atoms. The minimum Gasteiger partial charge on any atom is -0.449 e. The Hall–Kier alpha value is -3.74. The number of ether oxygens (including phenoxy) is 1. The molecule has 33 heavy (non-hydrogen) atoms. The van der Waals surface area contributed by atoms with E-state index in [0.29, 0.717) is 30.6 Å². The fourth-order valence-electron chi connectivity index (χ4n) is 4.77. The number of carbonyl (C=O) groups excluding carboxylic acids is 2. The smallest absolute Gasteiger partial charge is 0.407 e. The zero-order valence-corrected chi connectivity index (χ0v) is 18.3. The summed E-state index contributed by atoms with van der Waals surface area (Å²) in [6.07, 6.45) is 5.32. The van der Waals surface area contributed by atoms with Crippen LogP contribution in [0.15, 0.2) is 60.9 Å². The number of aromatic nitrogens is 2. The average Bonchev–Trinajstić information content (AvgIpc) is 3.20. The van der Waals surface area contributed by atoms with Crippen molar-refractivity contribution in [3.8, 4) is 11.1 Å². The standard InChI is InChI=1S/C26H26N4O3/c31-16-19-14-27-25(28-15-19)30-11-9-18(10-12-30)13-29-26(32)33-17-24-22-7-3-1-5-20(22)21-6-2-4-8-23(21)24/h1-8,14-16,18,24H,9-13,17H2,(H,29,32). The number of nitrogens with zero attached hydrogens (tertiary/aromatic N) is 3. The Labute approximate surface area is 192 Å². The molecule has 7 heteroatoms. The summed E-state index contributed by atoms with van der Waals surface area (Å²) in [6, 6.07) is 16.6. The van der Waals surface area contributed by atoms with Crippen LogP contribution in [0.25, 0.3) is 11.1 Å². The van der Waals surface area contributed by atoms with Crippen molar-refractivity contribution < 1.29 is 14.3 Å². The summed E-state index contributed by atoms with van der Waals surface area (Å²) in [5, 5.41) is 2.94. The molecule has 1 aromatic heterocycles. The van der Waals surface area contributed by atoms with Crippen molar-refractivity contribution in [1.29, 1.82) is 0 Å². The van der Waals surface area contributed by atoms with Crippen molar-refractivity contribution >= 4 is 18.3 Å². The van der Waals surface area contributed by atoms with Gasteiger partial charge in [-0.05, 0) is 41.0 Å². The van der Waals surface area contributed by atoms with Gasteiger partial charge in [-0.15, -0.1) is 0 Å². The van der Waals surface area contributed by atoms with Gasteiger partial charge in [0.05, 0.1) is 5.56 Å². The Morgan fingerprint density at radius 1 is 1.00 bits per heavy atom. The molecule has 1 aliphatic carbocycles. The maximum absolute atomic E-state index is 12.4. The Balaban J connectivity index is 1.10. The third-order valence-corrected chi connectivity index (χ3v) is 6.57. The van der Waals surface area contributed by atoms with Crippen LogP contribution in [0.3, 0.4) is 0 Å². The van der Waals surface area contributed by atoms with Gasteiger partial charge in [-0.25, -0.2) is 14.8 Å². The molecule has 2 heterocycles. The molecule has 0 saturated carbocycles. The van der Waals surface area contributed by atoms with Crippen molar-refractivity contribution in [2.45, 2.75) is 18.8 Å². The maximum atomic E-state index is 12.4. The molecule has 5 rings (SSSR count). The highest BCUT2D eigenvalue weighted by Crippen LogP contribution is 2.44. The molecule has 7 nitrogen and oxygen atoms in total. The molecule has 1 N–H and O–H groups in total. The molecular formula is C26H26N4O3. The highest BCUT2D eigenvalue weighted by Gasteiger charge is 2.29. The van der Waals surface area contributed by atoms with Gasteiger partial charge in [0.15, 0.2) is 6.29 Å². The molecule has 1 fully saturated rings. The quantitative estimate of drug-likeness (QED) is 0.580. The van der Waals surface area contributed by atoms with E-state index >= 15 is 0 Å². The first-order valence-electron chi connectivity index (χ1n) is 11.3. The average molecular weight is 443 g/mol. The van der Waals surface area contributed by atoms with Crippen molar-refractivity contribution in [3.05, 3.63) is 77.6 Å². The minimum atomic E-state index is -0.368. The first-order valence-corrected chi connectivity index (χ1v) is 11.3. The van der Waals surface area contributed by atoms with Crippen LogP contribution in [-0.2, 0) is 4.74 Å². The number of nitrogens with one attached hydrogen (secondary N) is 1. The number of rotatable bonds is 6. The van der Waals surface area contributed by atoms with Crippen LogP contribution >= 0.6 is 0 Å². The van der Waals surface area contributed by atoms with Crippen LogP contribution < -0.4 is 10.2 Å². The number of carbonyl (C=O) groups is 2. The van der Waals surface area contributed by atoms with E-state index in [0.717, 1.165) is 32.2 Å². The van der Waals surface area contributed by atoms with E-state index in [1.165, 1.54) is 22.3 Å². The molecule has 2 aromatic carbocycles. The first-order chi connectivity index (χ1) is 16.2. The monoisotopic (exact) mass is 442 g/mol. The molecule has 3 aromatic rings. The number of alkyl carbamates (subject to hydrolysis) is 1. The number of hydrogen-bond acceptors (Lipinski definition) is 6. The molecule has 0 atom stereocenters. The van der Waals surface area contributed by atoms with Crippen molar-refractivity contribution in [3.63, 3.8) is 0 Å². The highest BCUT2D eigenvalue weighted by atomic mass is 16.5. The van der Waals surface area contributed by atoms with E-state index in [1.807, 2.05) is 24.3 Å². The zero-order valence-electron chi connectivity index (χ0n) is 18.3. The van der Waals surface area contributed by atoms with Gasteiger partial charge in [0.2, 0.25) is 5.95 Å². The first kappa shape index (κ1) is 21.1. The third kappa shape index (κ3) is 4.44. The summed E-state index contributed by atoms with van der Waals surface area (Å²) < 4.78 is 5.63. The lowest BCUT2D eigenvalue weighted by atomic mass is 9.97. The predicted molar refractivity (Wildman–Crippen MR) is 125 cm³/mol. The van der Waals surface area contributed by atoms with Crippen molar-refractivity contribution in [2.24, 2.45) is 5.92 Å². The Morgan fingerprint density at radius 2 is 1.61 bits per heavy atom. The largest absolute Gasteiger partial charge is 0.449 e. The van der Waals surface area contributed by atoms with Crippen LogP contribution in [0, 0.1) is 5.92 Å². The molecule has 0 unspecified atom stereocenters. The summed E-state index contributed by atoms with van der Waals surface area (Å²) in [6.45, 7) is 2.55. The SMILES string of the molecule is O=Cc1cnc(N2CCC(CNC(=O)OCC3c4ccccc4-c4ccccc43)CC2)nc1. The van der Waals surface area contributed by atoms with Gasteiger partial charge in [0.1, 0.15) is 6.61 Å².